The summed E-state index contributed by atoms with van der Waals surface area (Å²) in [5.41, 5.74) is 2.64. The third-order valence-electron chi connectivity index (χ3n) is 3.88. The van der Waals surface area contributed by atoms with Crippen LogP contribution in [0.4, 0.5) is 0 Å². The van der Waals surface area contributed by atoms with Crippen molar-refractivity contribution in [1.29, 1.82) is 0 Å². The molecule has 0 saturated carbocycles. The molecule has 0 unspecified atom stereocenters. The summed E-state index contributed by atoms with van der Waals surface area (Å²) in [5, 5.41) is 13.2. The van der Waals surface area contributed by atoms with Gasteiger partial charge in [-0.3, -0.25) is 14.7 Å². The van der Waals surface area contributed by atoms with Crippen LogP contribution in [0, 0.1) is 0 Å². The molecule has 3 rings (SSSR count). The van der Waals surface area contributed by atoms with Crippen molar-refractivity contribution in [2.24, 2.45) is 0 Å². The summed E-state index contributed by atoms with van der Waals surface area (Å²) < 4.78 is 5.07. The number of aromatic nitrogens is 2. The van der Waals surface area contributed by atoms with Gasteiger partial charge in [0.05, 0.1) is 12.1 Å². The zero-order valence-corrected chi connectivity index (χ0v) is 14.4. The Morgan fingerprint density at radius 3 is 2.62 bits per heavy atom. The highest BCUT2D eigenvalue weighted by Gasteiger charge is 2.13. The number of aromatic amines is 1. The Hall–Kier alpha value is -3.19. The predicted molar refractivity (Wildman–Crippen MR) is 97.9 cm³/mol. The Morgan fingerprint density at radius 1 is 1.04 bits per heavy atom. The number of benzene rings is 2. The highest BCUT2D eigenvalue weighted by Crippen LogP contribution is 2.14. The molecule has 0 radical (unpaired) electrons. The van der Waals surface area contributed by atoms with Gasteiger partial charge in [-0.05, 0) is 23.8 Å². The SMILES string of the molecule is COCc1cccc(C(=O)NCCNC(=O)c2n[nH]c3ccccc23)c1. The number of amides is 2. The van der Waals surface area contributed by atoms with Crippen LogP contribution in [0.25, 0.3) is 10.9 Å². The van der Waals surface area contributed by atoms with Gasteiger partial charge >= 0.3 is 0 Å². The monoisotopic (exact) mass is 352 g/mol. The lowest BCUT2D eigenvalue weighted by Gasteiger charge is -2.08. The maximum Gasteiger partial charge on any atom is 0.272 e. The quantitative estimate of drug-likeness (QED) is 0.566. The van der Waals surface area contributed by atoms with Crippen LogP contribution < -0.4 is 10.6 Å². The fourth-order valence-corrected chi connectivity index (χ4v) is 2.64. The molecule has 134 valence electrons. The van der Waals surface area contributed by atoms with Crippen molar-refractivity contribution >= 4 is 22.7 Å². The number of carbonyl (C=O) groups is 2. The number of nitrogens with zero attached hydrogens (tertiary/aromatic N) is 1. The van der Waals surface area contributed by atoms with E-state index in [4.69, 9.17) is 4.74 Å². The molecular formula is C19H20N4O3. The maximum absolute atomic E-state index is 12.2. The lowest BCUT2D eigenvalue weighted by atomic mass is 10.1. The summed E-state index contributed by atoms with van der Waals surface area (Å²) in [4.78, 5) is 24.4. The molecule has 7 nitrogen and oxygen atoms in total. The summed E-state index contributed by atoms with van der Waals surface area (Å²) in [7, 11) is 1.61. The molecule has 0 spiro atoms. The van der Waals surface area contributed by atoms with Gasteiger partial charge in [-0.2, -0.15) is 5.10 Å². The van der Waals surface area contributed by atoms with Crippen LogP contribution in [0.5, 0.6) is 0 Å². The van der Waals surface area contributed by atoms with Gasteiger partial charge in [-0.15, -0.1) is 0 Å². The molecule has 0 bridgehead atoms. The molecule has 26 heavy (non-hydrogen) atoms. The first-order valence-corrected chi connectivity index (χ1v) is 8.26. The lowest BCUT2D eigenvalue weighted by Crippen LogP contribution is -2.34. The highest BCUT2D eigenvalue weighted by molar-refractivity contribution is 6.04. The zero-order chi connectivity index (χ0) is 18.4. The fourth-order valence-electron chi connectivity index (χ4n) is 2.64. The van der Waals surface area contributed by atoms with Crippen LogP contribution in [0.15, 0.2) is 48.5 Å². The summed E-state index contributed by atoms with van der Waals surface area (Å²) in [6.45, 7) is 1.08. The number of rotatable bonds is 7. The van der Waals surface area contributed by atoms with E-state index in [1.165, 1.54) is 0 Å². The number of nitrogens with one attached hydrogen (secondary N) is 3. The second-order valence-electron chi connectivity index (χ2n) is 5.76. The Kier molecular flexibility index (Phi) is 5.60. The minimum atomic E-state index is -0.279. The predicted octanol–water partition coefficient (Wildman–Crippen LogP) is 1.87. The van der Waals surface area contributed by atoms with Gasteiger partial charge in [-0.25, -0.2) is 0 Å². The average Bonchev–Trinajstić information content (AvgIpc) is 3.09. The fraction of sp³-hybridized carbons (Fsp3) is 0.211. The molecular weight excluding hydrogens is 332 g/mol. The van der Waals surface area contributed by atoms with Gasteiger partial charge in [0.25, 0.3) is 11.8 Å². The molecule has 7 heteroatoms. The van der Waals surface area contributed by atoms with E-state index in [0.29, 0.717) is 31.0 Å². The number of methoxy groups -OCH3 is 1. The van der Waals surface area contributed by atoms with Crippen LogP contribution in [0.1, 0.15) is 26.4 Å². The molecule has 3 N–H and O–H groups in total. The Balaban J connectivity index is 1.50. The molecule has 2 amide bonds. The molecule has 2 aromatic carbocycles. The van der Waals surface area contributed by atoms with E-state index < -0.39 is 0 Å². The highest BCUT2D eigenvalue weighted by atomic mass is 16.5. The Bertz CT molecular complexity index is 920. The second kappa shape index (κ2) is 8.26. The molecule has 3 aromatic rings. The third kappa shape index (κ3) is 4.07. The average molecular weight is 352 g/mol. The first-order valence-electron chi connectivity index (χ1n) is 8.26. The summed E-state index contributed by atoms with van der Waals surface area (Å²) in [5.74, 6) is -0.471. The summed E-state index contributed by atoms with van der Waals surface area (Å²) >= 11 is 0. The van der Waals surface area contributed by atoms with Crippen LogP contribution in [0.3, 0.4) is 0 Å². The normalized spacial score (nSPS) is 10.7. The minimum absolute atomic E-state index is 0.192. The van der Waals surface area contributed by atoms with Crippen LogP contribution in [-0.4, -0.2) is 42.2 Å². The van der Waals surface area contributed by atoms with Gasteiger partial charge in [0.15, 0.2) is 5.69 Å². The maximum atomic E-state index is 12.2. The van der Waals surface area contributed by atoms with E-state index >= 15 is 0 Å². The zero-order valence-electron chi connectivity index (χ0n) is 14.4. The largest absolute Gasteiger partial charge is 0.380 e. The molecule has 0 aliphatic rings. The number of H-pyrrole nitrogens is 1. The van der Waals surface area contributed by atoms with E-state index in [9.17, 15) is 9.59 Å². The Labute approximate surface area is 150 Å². The number of carbonyl (C=O) groups excluding carboxylic acids is 2. The van der Waals surface area contributed by atoms with Gasteiger partial charge in [-0.1, -0.05) is 30.3 Å². The second-order valence-corrected chi connectivity index (χ2v) is 5.76. The van der Waals surface area contributed by atoms with Crippen molar-refractivity contribution in [1.82, 2.24) is 20.8 Å². The number of ether oxygens (including phenoxy) is 1. The first-order chi connectivity index (χ1) is 12.7. The van der Waals surface area contributed by atoms with E-state index in [-0.39, 0.29) is 11.8 Å². The standard InChI is InChI=1S/C19H20N4O3/c1-26-12-13-5-4-6-14(11-13)18(24)20-9-10-21-19(25)17-15-7-2-3-8-16(15)22-23-17/h2-8,11H,9-10,12H2,1H3,(H,20,24)(H,21,25)(H,22,23). The van der Waals surface area contributed by atoms with Crippen molar-refractivity contribution in [3.8, 4) is 0 Å². The van der Waals surface area contributed by atoms with Gasteiger partial charge in [0, 0.05) is 31.1 Å². The summed E-state index contributed by atoms with van der Waals surface area (Å²) in [6, 6.07) is 14.7. The van der Waals surface area contributed by atoms with Crippen LogP contribution >= 0.6 is 0 Å². The van der Waals surface area contributed by atoms with Gasteiger partial charge < -0.3 is 15.4 Å². The first kappa shape index (κ1) is 17.6. The minimum Gasteiger partial charge on any atom is -0.380 e. The smallest absolute Gasteiger partial charge is 0.272 e. The topological polar surface area (TPSA) is 96.1 Å². The number of hydrogen-bond acceptors (Lipinski definition) is 4. The Morgan fingerprint density at radius 2 is 1.81 bits per heavy atom. The molecule has 0 atom stereocenters. The van der Waals surface area contributed by atoms with E-state index in [0.717, 1.165) is 16.5 Å². The summed E-state index contributed by atoms with van der Waals surface area (Å²) in [6.07, 6.45) is 0. The van der Waals surface area contributed by atoms with Crippen LogP contribution in [-0.2, 0) is 11.3 Å². The molecule has 0 aliphatic carbocycles. The molecule has 1 aromatic heterocycles. The molecule has 0 aliphatic heterocycles. The molecule has 0 fully saturated rings. The van der Waals surface area contributed by atoms with Crippen molar-refractivity contribution in [3.05, 3.63) is 65.4 Å². The van der Waals surface area contributed by atoms with Crippen molar-refractivity contribution < 1.29 is 14.3 Å². The van der Waals surface area contributed by atoms with Gasteiger partial charge in [0.1, 0.15) is 0 Å². The molecule has 0 saturated heterocycles. The van der Waals surface area contributed by atoms with Crippen molar-refractivity contribution in [2.75, 3.05) is 20.2 Å². The van der Waals surface area contributed by atoms with Gasteiger partial charge in [0.2, 0.25) is 0 Å². The third-order valence-corrected chi connectivity index (χ3v) is 3.88. The molecule has 1 heterocycles. The number of para-hydroxylation sites is 1. The number of fused-ring (bicyclic) bond motifs is 1. The van der Waals surface area contributed by atoms with E-state index in [2.05, 4.69) is 20.8 Å². The lowest BCUT2D eigenvalue weighted by molar-refractivity contribution is 0.0925. The van der Waals surface area contributed by atoms with Crippen LogP contribution in [0.2, 0.25) is 0 Å². The van der Waals surface area contributed by atoms with E-state index in [1.54, 1.807) is 19.2 Å². The van der Waals surface area contributed by atoms with Crippen molar-refractivity contribution in [2.45, 2.75) is 6.61 Å². The van der Waals surface area contributed by atoms with Crippen molar-refractivity contribution in [3.63, 3.8) is 0 Å². The number of hydrogen-bond donors (Lipinski definition) is 3. The van der Waals surface area contributed by atoms with E-state index in [1.807, 2.05) is 36.4 Å².